The number of nitrogens with zero attached hydrogens (tertiary/aromatic N) is 1. The molecule has 0 saturated heterocycles. The number of aromatic nitrogens is 1. The van der Waals surface area contributed by atoms with Crippen LogP contribution in [0.2, 0.25) is 0 Å². The minimum Gasteiger partial charge on any atom is -0.460 e. The van der Waals surface area contributed by atoms with Crippen molar-refractivity contribution in [2.45, 2.75) is 32.8 Å². The van der Waals surface area contributed by atoms with Gasteiger partial charge in [0.15, 0.2) is 0 Å². The number of carbonyl (C=O) groups is 1. The topological polar surface area (TPSA) is 39.2 Å². The van der Waals surface area contributed by atoms with Crippen LogP contribution in [-0.4, -0.2) is 16.6 Å². The number of ether oxygens (including phenoxy) is 1. The van der Waals surface area contributed by atoms with Crippen molar-refractivity contribution in [2.24, 2.45) is 0 Å². The fourth-order valence-corrected chi connectivity index (χ4v) is 1.84. The van der Waals surface area contributed by atoms with Crippen molar-refractivity contribution in [3.05, 3.63) is 42.2 Å². The van der Waals surface area contributed by atoms with E-state index in [0.29, 0.717) is 0 Å². The van der Waals surface area contributed by atoms with Gasteiger partial charge in [0.2, 0.25) is 0 Å². The maximum atomic E-state index is 11.8. The Morgan fingerprint density at radius 1 is 1.22 bits per heavy atom. The molecule has 94 valence electrons. The summed E-state index contributed by atoms with van der Waals surface area (Å²) in [5, 5.41) is 2.09. The van der Waals surface area contributed by atoms with Gasteiger partial charge < -0.3 is 4.74 Å². The van der Waals surface area contributed by atoms with Crippen molar-refractivity contribution in [2.75, 3.05) is 0 Å². The van der Waals surface area contributed by atoms with Gasteiger partial charge in [0.05, 0.1) is 12.1 Å². The lowest BCUT2D eigenvalue weighted by atomic mass is 10.1. The van der Waals surface area contributed by atoms with E-state index in [2.05, 4.69) is 4.98 Å². The summed E-state index contributed by atoms with van der Waals surface area (Å²) in [6.45, 7) is 5.59. The Morgan fingerprint density at radius 2 is 1.94 bits per heavy atom. The van der Waals surface area contributed by atoms with Gasteiger partial charge in [0.25, 0.3) is 0 Å². The molecular formula is C15H17NO2. The molecule has 0 aliphatic rings. The quantitative estimate of drug-likeness (QED) is 0.761. The predicted octanol–water partition coefficient (Wildman–Crippen LogP) is 3.12. The molecular weight excluding hydrogens is 226 g/mol. The molecule has 3 nitrogen and oxygen atoms in total. The first-order valence-corrected chi connectivity index (χ1v) is 6.00. The SMILES string of the molecule is CC(C)(C)OC(=O)Cc1nccc2ccccc12. The summed E-state index contributed by atoms with van der Waals surface area (Å²) in [6, 6.07) is 9.84. The molecule has 0 amide bonds. The van der Waals surface area contributed by atoms with Crippen LogP contribution in [0.25, 0.3) is 10.8 Å². The molecule has 2 rings (SSSR count). The first-order valence-electron chi connectivity index (χ1n) is 6.00. The van der Waals surface area contributed by atoms with Crippen molar-refractivity contribution in [1.82, 2.24) is 4.98 Å². The van der Waals surface area contributed by atoms with E-state index in [1.807, 2.05) is 51.1 Å². The number of benzene rings is 1. The van der Waals surface area contributed by atoms with Crippen molar-refractivity contribution in [3.63, 3.8) is 0 Å². The number of fused-ring (bicyclic) bond motifs is 1. The van der Waals surface area contributed by atoms with E-state index in [0.717, 1.165) is 16.5 Å². The highest BCUT2D eigenvalue weighted by atomic mass is 16.6. The number of rotatable bonds is 2. The van der Waals surface area contributed by atoms with Crippen LogP contribution in [0.15, 0.2) is 36.5 Å². The first-order chi connectivity index (χ1) is 8.46. The summed E-state index contributed by atoms with van der Waals surface area (Å²) in [5.74, 6) is -0.244. The number of hydrogen-bond acceptors (Lipinski definition) is 3. The first kappa shape index (κ1) is 12.6. The van der Waals surface area contributed by atoms with E-state index in [-0.39, 0.29) is 12.4 Å². The van der Waals surface area contributed by atoms with Gasteiger partial charge in [-0.25, -0.2) is 0 Å². The third-order valence-corrected chi connectivity index (χ3v) is 2.49. The number of carbonyl (C=O) groups excluding carboxylic acids is 1. The lowest BCUT2D eigenvalue weighted by Crippen LogP contribution is -2.25. The predicted molar refractivity (Wildman–Crippen MR) is 71.3 cm³/mol. The van der Waals surface area contributed by atoms with Gasteiger partial charge in [-0.05, 0) is 32.2 Å². The molecule has 0 aliphatic carbocycles. The normalized spacial score (nSPS) is 11.5. The highest BCUT2D eigenvalue weighted by Crippen LogP contribution is 2.18. The second-order valence-corrected chi connectivity index (χ2v) is 5.24. The Labute approximate surface area is 107 Å². The molecule has 0 saturated carbocycles. The van der Waals surface area contributed by atoms with Crippen molar-refractivity contribution >= 4 is 16.7 Å². The van der Waals surface area contributed by atoms with Crippen LogP contribution < -0.4 is 0 Å². The lowest BCUT2D eigenvalue weighted by molar-refractivity contribution is -0.153. The highest BCUT2D eigenvalue weighted by Gasteiger charge is 2.17. The second kappa shape index (κ2) is 4.77. The largest absolute Gasteiger partial charge is 0.460 e. The van der Waals surface area contributed by atoms with Crippen LogP contribution in [0, 0.1) is 0 Å². The van der Waals surface area contributed by atoms with Gasteiger partial charge in [0.1, 0.15) is 5.60 Å². The molecule has 1 aromatic heterocycles. The summed E-state index contributed by atoms with van der Waals surface area (Å²) in [7, 11) is 0. The summed E-state index contributed by atoms with van der Waals surface area (Å²) in [5.41, 5.74) is 0.309. The Bertz CT molecular complexity index is 565. The van der Waals surface area contributed by atoms with E-state index in [1.54, 1.807) is 6.20 Å². The third-order valence-electron chi connectivity index (χ3n) is 2.49. The molecule has 0 bridgehead atoms. The van der Waals surface area contributed by atoms with Crippen molar-refractivity contribution < 1.29 is 9.53 Å². The third kappa shape index (κ3) is 3.06. The molecule has 0 radical (unpaired) electrons. The zero-order valence-electron chi connectivity index (χ0n) is 10.9. The zero-order chi connectivity index (χ0) is 13.2. The smallest absolute Gasteiger partial charge is 0.312 e. The Hall–Kier alpha value is -1.90. The number of hydrogen-bond donors (Lipinski definition) is 0. The molecule has 0 spiro atoms. The molecule has 0 unspecified atom stereocenters. The van der Waals surface area contributed by atoms with Gasteiger partial charge in [-0.15, -0.1) is 0 Å². The van der Waals surface area contributed by atoms with Gasteiger partial charge >= 0.3 is 5.97 Å². The van der Waals surface area contributed by atoms with Gasteiger partial charge in [-0.2, -0.15) is 0 Å². The summed E-state index contributed by atoms with van der Waals surface area (Å²) in [4.78, 5) is 16.1. The fourth-order valence-electron chi connectivity index (χ4n) is 1.84. The zero-order valence-corrected chi connectivity index (χ0v) is 10.9. The van der Waals surface area contributed by atoms with Crippen LogP contribution in [0.1, 0.15) is 26.5 Å². The van der Waals surface area contributed by atoms with E-state index >= 15 is 0 Å². The monoisotopic (exact) mass is 243 g/mol. The van der Waals surface area contributed by atoms with Gasteiger partial charge in [-0.1, -0.05) is 24.3 Å². The lowest BCUT2D eigenvalue weighted by Gasteiger charge is -2.19. The molecule has 0 fully saturated rings. The number of esters is 1. The standard InChI is InChI=1S/C15H17NO2/c1-15(2,3)18-14(17)10-13-12-7-5-4-6-11(12)8-9-16-13/h4-9H,10H2,1-3H3. The second-order valence-electron chi connectivity index (χ2n) is 5.24. The summed E-state index contributed by atoms with van der Waals surface area (Å²) in [6.07, 6.45) is 1.93. The Balaban J connectivity index is 2.24. The van der Waals surface area contributed by atoms with Crippen LogP contribution in [0.4, 0.5) is 0 Å². The number of pyridine rings is 1. The summed E-state index contributed by atoms with van der Waals surface area (Å²) < 4.78 is 5.31. The van der Waals surface area contributed by atoms with Gasteiger partial charge in [0, 0.05) is 11.6 Å². The molecule has 2 aromatic rings. The minimum absolute atomic E-state index is 0.207. The van der Waals surface area contributed by atoms with Crippen LogP contribution in [0.5, 0.6) is 0 Å². The maximum absolute atomic E-state index is 11.8. The van der Waals surface area contributed by atoms with E-state index in [9.17, 15) is 4.79 Å². The molecule has 0 atom stereocenters. The van der Waals surface area contributed by atoms with Crippen molar-refractivity contribution in [1.29, 1.82) is 0 Å². The minimum atomic E-state index is -0.457. The van der Waals surface area contributed by atoms with Crippen LogP contribution >= 0.6 is 0 Å². The molecule has 3 heteroatoms. The average Bonchev–Trinajstić information content (AvgIpc) is 2.27. The highest BCUT2D eigenvalue weighted by molar-refractivity contribution is 5.87. The Kier molecular flexibility index (Phi) is 3.32. The summed E-state index contributed by atoms with van der Waals surface area (Å²) >= 11 is 0. The average molecular weight is 243 g/mol. The van der Waals surface area contributed by atoms with E-state index in [4.69, 9.17) is 4.74 Å². The molecule has 0 N–H and O–H groups in total. The fraction of sp³-hybridized carbons (Fsp3) is 0.333. The van der Waals surface area contributed by atoms with Gasteiger partial charge in [-0.3, -0.25) is 9.78 Å². The maximum Gasteiger partial charge on any atom is 0.312 e. The van der Waals surface area contributed by atoms with Crippen LogP contribution in [-0.2, 0) is 16.0 Å². The molecule has 0 aliphatic heterocycles. The van der Waals surface area contributed by atoms with E-state index < -0.39 is 5.60 Å². The molecule has 1 heterocycles. The molecule has 18 heavy (non-hydrogen) atoms. The molecule has 1 aromatic carbocycles. The Morgan fingerprint density at radius 3 is 2.67 bits per heavy atom. The van der Waals surface area contributed by atoms with Crippen LogP contribution in [0.3, 0.4) is 0 Å². The van der Waals surface area contributed by atoms with Crippen molar-refractivity contribution in [3.8, 4) is 0 Å². The van der Waals surface area contributed by atoms with E-state index in [1.165, 1.54) is 0 Å².